The first-order valence-electron chi connectivity index (χ1n) is 7.77. The van der Waals surface area contributed by atoms with Crippen molar-refractivity contribution < 1.29 is 19.1 Å². The number of benzene rings is 1. The van der Waals surface area contributed by atoms with Crippen LogP contribution in [0.25, 0.3) is 0 Å². The molecule has 0 saturated heterocycles. The molecule has 0 aliphatic carbocycles. The average Bonchev–Trinajstić information content (AvgIpc) is 2.51. The summed E-state index contributed by atoms with van der Waals surface area (Å²) in [5.41, 5.74) is 0.859. The first-order chi connectivity index (χ1) is 10.6. The largest absolute Gasteiger partial charge is 0.491 e. The fraction of sp³-hybridized carbons (Fsp3) is 0.529. The van der Waals surface area contributed by atoms with Gasteiger partial charge in [-0.05, 0) is 32.1 Å². The molecule has 0 radical (unpaired) electrons. The maximum absolute atomic E-state index is 12.0. The Bertz CT molecular complexity index is 564. The van der Waals surface area contributed by atoms with E-state index in [1.165, 1.54) is 6.92 Å². The molecule has 0 aromatic heterocycles. The molecule has 1 aromatic carbocycles. The van der Waals surface area contributed by atoms with Crippen molar-refractivity contribution in [3.05, 3.63) is 23.3 Å². The molecule has 0 atom stereocenters. The van der Waals surface area contributed by atoms with Crippen LogP contribution >= 0.6 is 0 Å². The first kappa shape index (κ1) is 16.5. The van der Waals surface area contributed by atoms with Crippen molar-refractivity contribution in [1.82, 2.24) is 4.90 Å². The number of carbonyl (C=O) groups is 2. The Hall–Kier alpha value is -1.88. The molecule has 0 N–H and O–H groups in total. The van der Waals surface area contributed by atoms with Gasteiger partial charge in [-0.25, -0.2) is 0 Å². The fourth-order valence-electron chi connectivity index (χ4n) is 2.59. The van der Waals surface area contributed by atoms with E-state index in [0.717, 1.165) is 19.6 Å². The molecule has 0 fully saturated rings. The summed E-state index contributed by atoms with van der Waals surface area (Å²) in [4.78, 5) is 26.1. The highest BCUT2D eigenvalue weighted by Crippen LogP contribution is 2.35. The van der Waals surface area contributed by atoms with E-state index in [0.29, 0.717) is 42.3 Å². The van der Waals surface area contributed by atoms with Crippen LogP contribution in [0.5, 0.6) is 11.5 Å². The van der Waals surface area contributed by atoms with Crippen LogP contribution < -0.4 is 9.47 Å². The van der Waals surface area contributed by atoms with Gasteiger partial charge in [-0.15, -0.1) is 0 Å². The summed E-state index contributed by atoms with van der Waals surface area (Å²) < 4.78 is 11.3. The van der Waals surface area contributed by atoms with Gasteiger partial charge in [-0.1, -0.05) is 13.8 Å². The van der Waals surface area contributed by atoms with Gasteiger partial charge in [0.05, 0.1) is 12.2 Å². The van der Waals surface area contributed by atoms with Gasteiger partial charge in [-0.3, -0.25) is 9.59 Å². The molecule has 0 saturated carbocycles. The number of Topliss-reactive ketones (excluding diaryl/α,β-unsaturated/α-hetero) is 2. The van der Waals surface area contributed by atoms with E-state index in [4.69, 9.17) is 9.47 Å². The molecule has 0 bridgehead atoms. The molecule has 5 nitrogen and oxygen atoms in total. The molecule has 0 unspecified atom stereocenters. The summed E-state index contributed by atoms with van der Waals surface area (Å²) in [5, 5.41) is 0. The third-order valence-electron chi connectivity index (χ3n) is 3.91. The molecule has 120 valence electrons. The van der Waals surface area contributed by atoms with E-state index in [-0.39, 0.29) is 11.6 Å². The molecule has 1 aliphatic rings. The molecule has 0 spiro atoms. The van der Waals surface area contributed by atoms with Gasteiger partial charge in [0.25, 0.3) is 0 Å². The van der Waals surface area contributed by atoms with E-state index < -0.39 is 0 Å². The Labute approximate surface area is 131 Å². The minimum atomic E-state index is -0.149. The maximum atomic E-state index is 12.0. The topological polar surface area (TPSA) is 55.8 Å². The number of rotatable bonds is 7. The second kappa shape index (κ2) is 7.40. The minimum absolute atomic E-state index is 0.0124. The van der Waals surface area contributed by atoms with E-state index in [1.54, 1.807) is 12.1 Å². The number of hydrogen-bond acceptors (Lipinski definition) is 5. The lowest BCUT2D eigenvalue weighted by molar-refractivity contribution is 0.0929. The van der Waals surface area contributed by atoms with Gasteiger partial charge < -0.3 is 14.4 Å². The van der Waals surface area contributed by atoms with E-state index in [2.05, 4.69) is 18.7 Å². The Morgan fingerprint density at radius 2 is 2.05 bits per heavy atom. The van der Waals surface area contributed by atoms with Crippen LogP contribution in [0.2, 0.25) is 0 Å². The Kier molecular flexibility index (Phi) is 5.55. The first-order valence-corrected chi connectivity index (χ1v) is 7.77. The van der Waals surface area contributed by atoms with Crippen LogP contribution in [0.15, 0.2) is 12.1 Å². The molecule has 2 rings (SSSR count). The fourth-order valence-corrected chi connectivity index (χ4v) is 2.59. The molecule has 1 heterocycles. The van der Waals surface area contributed by atoms with Gasteiger partial charge >= 0.3 is 0 Å². The highest BCUT2D eigenvalue weighted by Gasteiger charge is 2.26. The van der Waals surface area contributed by atoms with Crippen molar-refractivity contribution in [1.29, 1.82) is 0 Å². The molecule has 22 heavy (non-hydrogen) atoms. The quantitative estimate of drug-likeness (QED) is 0.725. The molecule has 5 heteroatoms. The van der Waals surface area contributed by atoms with Crippen molar-refractivity contribution in [2.24, 2.45) is 0 Å². The van der Waals surface area contributed by atoms with E-state index >= 15 is 0 Å². The molecule has 1 aliphatic heterocycles. The number of hydrogen-bond donors (Lipinski definition) is 0. The standard InChI is InChI=1S/C17H23NO4/c1-4-18(5-2)9-11-21-15-7-6-13-14(20)8-10-22-17(13)16(15)12(3)19/h6-7H,4-5,8-11H2,1-3H3. The monoisotopic (exact) mass is 305 g/mol. The third-order valence-corrected chi connectivity index (χ3v) is 3.91. The van der Waals surface area contributed by atoms with Crippen LogP contribution in [0.3, 0.4) is 0 Å². The predicted molar refractivity (Wildman–Crippen MR) is 84.2 cm³/mol. The number of nitrogens with zero attached hydrogens (tertiary/aromatic N) is 1. The number of ether oxygens (including phenoxy) is 2. The van der Waals surface area contributed by atoms with Crippen LogP contribution in [0.4, 0.5) is 0 Å². The lowest BCUT2D eigenvalue weighted by Crippen LogP contribution is -2.28. The zero-order valence-corrected chi connectivity index (χ0v) is 13.5. The molecule has 1 aromatic rings. The minimum Gasteiger partial charge on any atom is -0.491 e. The third kappa shape index (κ3) is 3.47. The second-order valence-electron chi connectivity index (χ2n) is 5.27. The van der Waals surface area contributed by atoms with Crippen LogP contribution in [0, 0.1) is 0 Å². The lowest BCUT2D eigenvalue weighted by Gasteiger charge is -2.22. The molecule has 0 amide bonds. The van der Waals surface area contributed by atoms with Crippen molar-refractivity contribution in [3.63, 3.8) is 0 Å². The summed E-state index contributed by atoms with van der Waals surface area (Å²) in [6.45, 7) is 9.19. The maximum Gasteiger partial charge on any atom is 0.170 e. The van der Waals surface area contributed by atoms with Gasteiger partial charge in [-0.2, -0.15) is 0 Å². The van der Waals surface area contributed by atoms with Crippen molar-refractivity contribution >= 4 is 11.6 Å². The van der Waals surface area contributed by atoms with Crippen LogP contribution in [-0.2, 0) is 0 Å². The van der Waals surface area contributed by atoms with E-state index in [9.17, 15) is 9.59 Å². The average molecular weight is 305 g/mol. The predicted octanol–water partition coefficient (Wildman–Crippen LogP) is 2.58. The van der Waals surface area contributed by atoms with Crippen LogP contribution in [-0.4, -0.2) is 49.3 Å². The second-order valence-corrected chi connectivity index (χ2v) is 5.27. The molecular formula is C17H23NO4. The zero-order chi connectivity index (χ0) is 16.1. The SMILES string of the molecule is CCN(CC)CCOc1ccc2c(c1C(C)=O)OCCC2=O. The van der Waals surface area contributed by atoms with Gasteiger partial charge in [0.1, 0.15) is 23.7 Å². The Morgan fingerprint density at radius 3 is 2.68 bits per heavy atom. The van der Waals surface area contributed by atoms with Crippen LogP contribution in [0.1, 0.15) is 47.9 Å². The number of ketones is 2. The molecular weight excluding hydrogens is 282 g/mol. The Morgan fingerprint density at radius 1 is 1.32 bits per heavy atom. The summed E-state index contributed by atoms with van der Waals surface area (Å²) in [7, 11) is 0. The lowest BCUT2D eigenvalue weighted by atomic mass is 9.98. The van der Waals surface area contributed by atoms with Gasteiger partial charge in [0, 0.05) is 13.0 Å². The summed E-state index contributed by atoms with van der Waals surface area (Å²) in [6.07, 6.45) is 0.354. The summed E-state index contributed by atoms with van der Waals surface area (Å²) in [5.74, 6) is 0.736. The smallest absolute Gasteiger partial charge is 0.170 e. The normalized spacial score (nSPS) is 13.7. The van der Waals surface area contributed by atoms with Crippen molar-refractivity contribution in [2.45, 2.75) is 27.2 Å². The van der Waals surface area contributed by atoms with Crippen molar-refractivity contribution in [2.75, 3.05) is 32.8 Å². The number of fused-ring (bicyclic) bond motifs is 1. The number of likely N-dealkylation sites (N-methyl/N-ethyl adjacent to an activating group) is 1. The zero-order valence-electron chi connectivity index (χ0n) is 13.5. The van der Waals surface area contributed by atoms with Gasteiger partial charge in [0.2, 0.25) is 0 Å². The highest BCUT2D eigenvalue weighted by molar-refractivity contribution is 6.07. The van der Waals surface area contributed by atoms with E-state index in [1.807, 2.05) is 0 Å². The summed E-state index contributed by atoms with van der Waals surface area (Å²) in [6, 6.07) is 3.39. The van der Waals surface area contributed by atoms with Gasteiger partial charge in [0.15, 0.2) is 11.6 Å². The summed E-state index contributed by atoms with van der Waals surface area (Å²) >= 11 is 0. The Balaban J connectivity index is 2.21. The highest BCUT2D eigenvalue weighted by atomic mass is 16.5. The number of carbonyl (C=O) groups excluding carboxylic acids is 2. The van der Waals surface area contributed by atoms with Crippen molar-refractivity contribution in [3.8, 4) is 11.5 Å².